The summed E-state index contributed by atoms with van der Waals surface area (Å²) >= 11 is 0. The molecular weight excluding hydrogens is 170 g/mol. The van der Waals surface area contributed by atoms with Gasteiger partial charge in [-0.1, -0.05) is 40.7 Å². The van der Waals surface area contributed by atoms with Crippen LogP contribution in [0, 0.1) is 6.92 Å². The predicted molar refractivity (Wildman–Crippen MR) is 63.8 cm³/mol. The van der Waals surface area contributed by atoms with Gasteiger partial charge in [0.05, 0.1) is 0 Å². The molecule has 1 aromatic rings. The van der Waals surface area contributed by atoms with Crippen molar-refractivity contribution in [3.05, 3.63) is 29.1 Å². The summed E-state index contributed by atoms with van der Waals surface area (Å²) in [5.74, 6) is 0.538. The molecule has 0 N–H and O–H groups in total. The Morgan fingerprint density at radius 1 is 1.29 bits per heavy atom. The molecule has 0 aromatic carbocycles. The normalized spacial score (nSPS) is 9.64. The van der Waals surface area contributed by atoms with Crippen molar-refractivity contribution in [3.63, 3.8) is 0 Å². The molecule has 0 radical (unpaired) electrons. The Labute approximate surface area is 88.6 Å². The second-order valence-electron chi connectivity index (χ2n) is 3.55. The van der Waals surface area contributed by atoms with Crippen molar-refractivity contribution in [2.45, 2.75) is 53.9 Å². The minimum absolute atomic E-state index is 0.538. The van der Waals surface area contributed by atoms with E-state index >= 15 is 0 Å². The molecule has 0 aliphatic rings. The first-order valence-corrected chi connectivity index (χ1v) is 5.60. The van der Waals surface area contributed by atoms with Gasteiger partial charge >= 0.3 is 0 Å². The van der Waals surface area contributed by atoms with Gasteiger partial charge in [-0.25, -0.2) is 0 Å². The zero-order chi connectivity index (χ0) is 11.1. The maximum atomic E-state index is 4.45. The van der Waals surface area contributed by atoms with Crippen LogP contribution in [0.2, 0.25) is 0 Å². The molecule has 1 nitrogen and oxygen atoms in total. The number of nitrogens with zero attached hydrogens (tertiary/aromatic N) is 1. The largest absolute Gasteiger partial charge is 0.260 e. The molecule has 0 aliphatic carbocycles. The van der Waals surface area contributed by atoms with E-state index in [0.717, 1.165) is 6.42 Å². The van der Waals surface area contributed by atoms with Crippen molar-refractivity contribution in [2.75, 3.05) is 0 Å². The molecule has 14 heavy (non-hydrogen) atoms. The van der Waals surface area contributed by atoms with E-state index in [9.17, 15) is 0 Å². The van der Waals surface area contributed by atoms with Gasteiger partial charge in [0, 0.05) is 11.9 Å². The van der Waals surface area contributed by atoms with Gasteiger partial charge in [-0.15, -0.1) is 0 Å². The lowest BCUT2D eigenvalue weighted by Crippen LogP contribution is -1.97. The first-order chi connectivity index (χ1) is 6.65. The smallest absolute Gasteiger partial charge is 0.0458 e. The van der Waals surface area contributed by atoms with Crippen molar-refractivity contribution < 1.29 is 0 Å². The number of aryl methyl sites for hydroxylation is 2. The lowest BCUT2D eigenvalue weighted by molar-refractivity contribution is 0.807. The highest BCUT2D eigenvalue weighted by Crippen LogP contribution is 2.16. The zero-order valence-electron chi connectivity index (χ0n) is 10.4. The number of aromatic nitrogens is 1. The van der Waals surface area contributed by atoms with E-state index in [1.54, 1.807) is 0 Å². The van der Waals surface area contributed by atoms with E-state index in [2.05, 4.69) is 38.7 Å². The van der Waals surface area contributed by atoms with Gasteiger partial charge in [-0.05, 0) is 30.4 Å². The van der Waals surface area contributed by atoms with Crippen LogP contribution in [-0.2, 0) is 6.42 Å². The number of rotatable bonds is 2. The van der Waals surface area contributed by atoms with Gasteiger partial charge in [-0.2, -0.15) is 0 Å². The van der Waals surface area contributed by atoms with Crippen molar-refractivity contribution in [1.29, 1.82) is 0 Å². The molecular formula is C13H23N. The molecule has 0 unspecified atom stereocenters. The average molecular weight is 193 g/mol. The van der Waals surface area contributed by atoms with E-state index in [-0.39, 0.29) is 0 Å². The average Bonchev–Trinajstić information content (AvgIpc) is 2.20. The van der Waals surface area contributed by atoms with Gasteiger partial charge < -0.3 is 0 Å². The molecule has 1 aromatic heterocycles. The number of pyridine rings is 1. The van der Waals surface area contributed by atoms with E-state index in [1.165, 1.54) is 16.8 Å². The van der Waals surface area contributed by atoms with Crippen molar-refractivity contribution in [2.24, 2.45) is 0 Å². The molecule has 0 bridgehead atoms. The second-order valence-corrected chi connectivity index (χ2v) is 3.55. The number of hydrogen-bond donors (Lipinski definition) is 0. The Hall–Kier alpha value is -0.850. The molecule has 1 rings (SSSR count). The summed E-state index contributed by atoms with van der Waals surface area (Å²) in [6.07, 6.45) is 3.06. The Bertz CT molecular complexity index is 264. The van der Waals surface area contributed by atoms with Gasteiger partial charge in [0.2, 0.25) is 0 Å². The van der Waals surface area contributed by atoms with Crippen molar-refractivity contribution in [1.82, 2.24) is 4.98 Å². The SMILES string of the molecule is CC.CCc1cnc(C(C)C)c(C)c1. The summed E-state index contributed by atoms with van der Waals surface area (Å²) in [7, 11) is 0. The standard InChI is InChI=1S/C11H17N.C2H6/c1-5-10-6-9(4)11(8(2)3)12-7-10;1-2/h6-8H,5H2,1-4H3;1-2H3. The first-order valence-electron chi connectivity index (χ1n) is 5.60. The van der Waals surface area contributed by atoms with E-state index in [4.69, 9.17) is 0 Å². The van der Waals surface area contributed by atoms with Gasteiger partial charge in [0.25, 0.3) is 0 Å². The van der Waals surface area contributed by atoms with Gasteiger partial charge in [0.15, 0.2) is 0 Å². The van der Waals surface area contributed by atoms with Crippen molar-refractivity contribution >= 4 is 0 Å². The molecule has 80 valence electrons. The summed E-state index contributed by atoms with van der Waals surface area (Å²) < 4.78 is 0. The highest BCUT2D eigenvalue weighted by atomic mass is 14.7. The molecule has 0 atom stereocenters. The van der Waals surface area contributed by atoms with Crippen LogP contribution in [-0.4, -0.2) is 4.98 Å². The van der Waals surface area contributed by atoms with Crippen LogP contribution < -0.4 is 0 Å². The summed E-state index contributed by atoms with van der Waals surface area (Å²) in [6.45, 7) is 12.7. The van der Waals surface area contributed by atoms with Crippen LogP contribution in [0.15, 0.2) is 12.3 Å². The van der Waals surface area contributed by atoms with Crippen LogP contribution in [0.4, 0.5) is 0 Å². The molecule has 0 fully saturated rings. The fourth-order valence-electron chi connectivity index (χ4n) is 1.44. The van der Waals surface area contributed by atoms with E-state index in [0.29, 0.717) is 5.92 Å². The molecule has 0 spiro atoms. The van der Waals surface area contributed by atoms with E-state index in [1.807, 2.05) is 20.0 Å². The molecule has 0 aliphatic heterocycles. The lowest BCUT2D eigenvalue weighted by atomic mass is 10.0. The second kappa shape index (κ2) is 6.58. The van der Waals surface area contributed by atoms with Gasteiger partial charge in [0.1, 0.15) is 0 Å². The monoisotopic (exact) mass is 193 g/mol. The first kappa shape index (κ1) is 13.2. The Balaban J connectivity index is 0.000000791. The maximum Gasteiger partial charge on any atom is 0.0458 e. The Morgan fingerprint density at radius 2 is 1.86 bits per heavy atom. The van der Waals surface area contributed by atoms with Crippen LogP contribution >= 0.6 is 0 Å². The third-order valence-electron chi connectivity index (χ3n) is 2.13. The third-order valence-corrected chi connectivity index (χ3v) is 2.13. The zero-order valence-corrected chi connectivity index (χ0v) is 10.4. The Kier molecular flexibility index (Phi) is 6.18. The summed E-state index contributed by atoms with van der Waals surface area (Å²) in [4.78, 5) is 4.45. The van der Waals surface area contributed by atoms with Crippen LogP contribution in [0.3, 0.4) is 0 Å². The summed E-state index contributed by atoms with van der Waals surface area (Å²) in [6, 6.07) is 2.24. The minimum atomic E-state index is 0.538. The maximum absolute atomic E-state index is 4.45. The molecule has 0 amide bonds. The van der Waals surface area contributed by atoms with Crippen LogP contribution in [0.5, 0.6) is 0 Å². The Morgan fingerprint density at radius 3 is 2.21 bits per heavy atom. The fourth-order valence-corrected chi connectivity index (χ4v) is 1.44. The molecule has 1 heterocycles. The topological polar surface area (TPSA) is 12.9 Å². The molecule has 0 saturated heterocycles. The molecule has 0 saturated carbocycles. The van der Waals surface area contributed by atoms with Crippen LogP contribution in [0.25, 0.3) is 0 Å². The van der Waals surface area contributed by atoms with Crippen molar-refractivity contribution in [3.8, 4) is 0 Å². The summed E-state index contributed by atoms with van der Waals surface area (Å²) in [5.41, 5.74) is 3.88. The number of hydrogen-bond acceptors (Lipinski definition) is 1. The fraction of sp³-hybridized carbons (Fsp3) is 0.615. The highest BCUT2D eigenvalue weighted by Gasteiger charge is 2.04. The lowest BCUT2D eigenvalue weighted by Gasteiger charge is -2.08. The molecule has 1 heteroatoms. The third kappa shape index (κ3) is 3.49. The van der Waals surface area contributed by atoms with Gasteiger partial charge in [-0.3, -0.25) is 4.98 Å². The predicted octanol–water partition coefficient (Wildman–Crippen LogP) is 4.10. The van der Waals surface area contributed by atoms with Crippen LogP contribution in [0.1, 0.15) is 57.4 Å². The minimum Gasteiger partial charge on any atom is -0.260 e. The quantitative estimate of drug-likeness (QED) is 0.689. The highest BCUT2D eigenvalue weighted by molar-refractivity contribution is 5.25. The van der Waals surface area contributed by atoms with E-state index < -0.39 is 0 Å². The summed E-state index contributed by atoms with van der Waals surface area (Å²) in [5, 5.41) is 0.